The second-order valence-electron chi connectivity index (χ2n) is 2.41. The lowest BCUT2D eigenvalue weighted by Gasteiger charge is -2.18. The van der Waals surface area contributed by atoms with E-state index in [4.69, 9.17) is 21.1 Å². The Morgan fingerprint density at radius 3 is 2.42 bits per heavy atom. The van der Waals surface area contributed by atoms with E-state index in [9.17, 15) is 0 Å². The molecule has 0 spiro atoms. The van der Waals surface area contributed by atoms with Crippen molar-refractivity contribution in [3.8, 4) is 11.5 Å². The minimum absolute atomic E-state index is 0.601. The number of ether oxygens (including phenoxy) is 2. The number of rotatable bonds is 0. The topological polar surface area (TPSA) is 18.5 Å². The molecule has 1 aliphatic rings. The second kappa shape index (κ2) is 3.30. The smallest absolute Gasteiger partial charge is 0.162 e. The van der Waals surface area contributed by atoms with E-state index >= 15 is 0 Å². The van der Waals surface area contributed by atoms with Crippen molar-refractivity contribution in [2.45, 2.75) is 0 Å². The van der Waals surface area contributed by atoms with Gasteiger partial charge >= 0.3 is 0 Å². The molecule has 12 heavy (non-hydrogen) atoms. The minimum atomic E-state index is 0.601. The van der Waals surface area contributed by atoms with E-state index in [-0.39, 0.29) is 0 Å². The van der Waals surface area contributed by atoms with Crippen LogP contribution in [-0.4, -0.2) is 13.2 Å². The van der Waals surface area contributed by atoms with Crippen LogP contribution in [0.25, 0.3) is 0 Å². The fourth-order valence-corrected chi connectivity index (χ4v) is 1.63. The van der Waals surface area contributed by atoms with Gasteiger partial charge in [0.05, 0.1) is 5.02 Å². The molecule has 0 fully saturated rings. The Balaban J connectivity index is 2.49. The highest BCUT2D eigenvalue weighted by Gasteiger charge is 2.13. The van der Waals surface area contributed by atoms with Gasteiger partial charge in [-0.05, 0) is 28.7 Å². The number of hydrogen-bond donors (Lipinski definition) is 0. The molecule has 0 unspecified atom stereocenters. The molecule has 1 heterocycles. The van der Waals surface area contributed by atoms with Crippen molar-refractivity contribution in [3.63, 3.8) is 0 Å². The van der Waals surface area contributed by atoms with Crippen LogP contribution in [0.1, 0.15) is 0 Å². The van der Waals surface area contributed by atoms with Gasteiger partial charge in [-0.1, -0.05) is 11.6 Å². The zero-order valence-electron chi connectivity index (χ0n) is 6.14. The third-order valence-electron chi connectivity index (χ3n) is 1.59. The van der Waals surface area contributed by atoms with Gasteiger partial charge in [-0.3, -0.25) is 0 Å². The molecule has 0 bridgehead atoms. The third-order valence-corrected chi connectivity index (χ3v) is 3.11. The maximum absolute atomic E-state index is 5.90. The lowest BCUT2D eigenvalue weighted by Crippen LogP contribution is -2.15. The SMILES string of the molecule is Clc1cc2c(cc1I)OCCO2. The van der Waals surface area contributed by atoms with Crippen molar-refractivity contribution in [1.29, 1.82) is 0 Å². The fourth-order valence-electron chi connectivity index (χ4n) is 1.04. The molecule has 0 radical (unpaired) electrons. The molecule has 0 N–H and O–H groups in total. The van der Waals surface area contributed by atoms with Crippen LogP contribution >= 0.6 is 34.2 Å². The van der Waals surface area contributed by atoms with Crippen molar-refractivity contribution in [1.82, 2.24) is 0 Å². The highest BCUT2D eigenvalue weighted by atomic mass is 127. The Labute approximate surface area is 88.9 Å². The molecule has 1 aromatic rings. The number of benzene rings is 1. The Morgan fingerprint density at radius 1 is 1.17 bits per heavy atom. The largest absolute Gasteiger partial charge is 0.486 e. The second-order valence-corrected chi connectivity index (χ2v) is 3.98. The van der Waals surface area contributed by atoms with Crippen molar-refractivity contribution in [3.05, 3.63) is 20.7 Å². The first-order chi connectivity index (χ1) is 5.77. The molecule has 1 aromatic carbocycles. The predicted molar refractivity (Wildman–Crippen MR) is 55.2 cm³/mol. The van der Waals surface area contributed by atoms with Gasteiger partial charge in [-0.25, -0.2) is 0 Å². The van der Waals surface area contributed by atoms with Crippen molar-refractivity contribution < 1.29 is 9.47 Å². The van der Waals surface area contributed by atoms with Gasteiger partial charge in [0.1, 0.15) is 13.2 Å². The molecule has 0 atom stereocenters. The summed E-state index contributed by atoms with van der Waals surface area (Å²) in [5.41, 5.74) is 0. The first-order valence-corrected chi connectivity index (χ1v) is 4.97. The summed E-state index contributed by atoms with van der Waals surface area (Å²) < 4.78 is 11.7. The van der Waals surface area contributed by atoms with E-state index in [2.05, 4.69) is 22.6 Å². The molecule has 0 aromatic heterocycles. The zero-order valence-corrected chi connectivity index (χ0v) is 9.05. The first-order valence-electron chi connectivity index (χ1n) is 3.52. The maximum Gasteiger partial charge on any atom is 0.162 e. The molecular weight excluding hydrogens is 290 g/mol. The molecule has 1 aliphatic heterocycles. The van der Waals surface area contributed by atoms with Gasteiger partial charge in [-0.2, -0.15) is 0 Å². The zero-order chi connectivity index (χ0) is 8.55. The first kappa shape index (κ1) is 8.44. The summed E-state index contributed by atoms with van der Waals surface area (Å²) in [6.07, 6.45) is 0. The Hall–Kier alpha value is -0.160. The van der Waals surface area contributed by atoms with Crippen LogP contribution in [0.15, 0.2) is 12.1 Å². The molecule has 2 rings (SSSR count). The molecule has 0 saturated carbocycles. The van der Waals surface area contributed by atoms with E-state index < -0.39 is 0 Å². The highest BCUT2D eigenvalue weighted by molar-refractivity contribution is 14.1. The quantitative estimate of drug-likeness (QED) is 0.685. The van der Waals surface area contributed by atoms with Crippen LogP contribution in [0.2, 0.25) is 5.02 Å². The summed E-state index contributed by atoms with van der Waals surface area (Å²) >= 11 is 8.07. The van der Waals surface area contributed by atoms with Crippen molar-refractivity contribution in [2.75, 3.05) is 13.2 Å². The molecule has 64 valence electrons. The average Bonchev–Trinajstić information content (AvgIpc) is 2.07. The number of hydrogen-bond acceptors (Lipinski definition) is 2. The van der Waals surface area contributed by atoms with Gasteiger partial charge in [0.25, 0.3) is 0 Å². The van der Waals surface area contributed by atoms with Crippen molar-refractivity contribution in [2.24, 2.45) is 0 Å². The normalized spacial score (nSPS) is 14.5. The van der Waals surface area contributed by atoms with E-state index in [1.165, 1.54) is 0 Å². The number of halogens is 2. The third kappa shape index (κ3) is 1.47. The van der Waals surface area contributed by atoms with Crippen molar-refractivity contribution >= 4 is 34.2 Å². The van der Waals surface area contributed by atoms with Crippen LogP contribution in [0.4, 0.5) is 0 Å². The Morgan fingerprint density at radius 2 is 1.75 bits per heavy atom. The summed E-state index contributed by atoms with van der Waals surface area (Å²) in [7, 11) is 0. The van der Waals surface area contributed by atoms with Gasteiger partial charge in [0.2, 0.25) is 0 Å². The molecule has 0 amide bonds. The van der Waals surface area contributed by atoms with Crippen LogP contribution in [0.3, 0.4) is 0 Å². The summed E-state index contributed by atoms with van der Waals surface area (Å²) in [6.45, 7) is 1.22. The fraction of sp³-hybridized carbons (Fsp3) is 0.250. The van der Waals surface area contributed by atoms with Gasteiger partial charge in [0, 0.05) is 9.64 Å². The van der Waals surface area contributed by atoms with Crippen LogP contribution in [0.5, 0.6) is 11.5 Å². The highest BCUT2D eigenvalue weighted by Crippen LogP contribution is 2.35. The Bertz CT molecular complexity index is 283. The average molecular weight is 296 g/mol. The van der Waals surface area contributed by atoms with Gasteiger partial charge < -0.3 is 9.47 Å². The Kier molecular flexibility index (Phi) is 2.32. The molecule has 0 saturated heterocycles. The van der Waals surface area contributed by atoms with Gasteiger partial charge in [-0.15, -0.1) is 0 Å². The molecule has 2 nitrogen and oxygen atoms in total. The monoisotopic (exact) mass is 296 g/mol. The van der Waals surface area contributed by atoms with E-state index in [1.54, 1.807) is 6.07 Å². The predicted octanol–water partition coefficient (Wildman–Crippen LogP) is 2.72. The molecule has 4 heteroatoms. The standard InChI is InChI=1S/C8H6ClIO2/c9-5-3-7-8(4-6(5)10)12-2-1-11-7/h3-4H,1-2H2. The molecule has 0 aliphatic carbocycles. The lowest BCUT2D eigenvalue weighted by molar-refractivity contribution is 0.171. The summed E-state index contributed by atoms with van der Waals surface area (Å²) in [4.78, 5) is 0. The van der Waals surface area contributed by atoms with E-state index in [0.29, 0.717) is 18.2 Å². The van der Waals surface area contributed by atoms with Crippen LogP contribution in [0, 0.1) is 3.57 Å². The number of fused-ring (bicyclic) bond motifs is 1. The van der Waals surface area contributed by atoms with E-state index in [0.717, 1.165) is 15.1 Å². The van der Waals surface area contributed by atoms with Crippen LogP contribution in [-0.2, 0) is 0 Å². The van der Waals surface area contributed by atoms with E-state index in [1.807, 2.05) is 6.07 Å². The van der Waals surface area contributed by atoms with Crippen LogP contribution < -0.4 is 9.47 Å². The summed E-state index contributed by atoms with van der Waals surface area (Å²) in [5, 5.41) is 0.708. The summed E-state index contributed by atoms with van der Waals surface area (Å²) in [5.74, 6) is 1.53. The maximum atomic E-state index is 5.90. The minimum Gasteiger partial charge on any atom is -0.486 e. The lowest BCUT2D eigenvalue weighted by atomic mass is 10.3. The summed E-state index contributed by atoms with van der Waals surface area (Å²) in [6, 6.07) is 3.68. The van der Waals surface area contributed by atoms with Gasteiger partial charge in [0.15, 0.2) is 11.5 Å². The molecular formula is C8H6ClIO2.